The second kappa shape index (κ2) is 8.52. The maximum atomic E-state index is 12.4. The summed E-state index contributed by atoms with van der Waals surface area (Å²) in [5, 5.41) is 7.29. The molecule has 1 aromatic heterocycles. The highest BCUT2D eigenvalue weighted by Gasteiger charge is 2.20. The van der Waals surface area contributed by atoms with Crippen LogP contribution in [0.2, 0.25) is 0 Å². The normalized spacial score (nSPS) is 20.3. The molecule has 2 N–H and O–H groups in total. The Hall–Kier alpha value is -2.07. The van der Waals surface area contributed by atoms with Gasteiger partial charge in [0.15, 0.2) is 0 Å². The molecule has 28 heavy (non-hydrogen) atoms. The van der Waals surface area contributed by atoms with Crippen molar-refractivity contribution in [3.8, 4) is 11.4 Å². The Balaban J connectivity index is 1.40. The Morgan fingerprint density at radius 1 is 1.25 bits per heavy atom. The molecule has 2 aromatic rings. The van der Waals surface area contributed by atoms with Gasteiger partial charge in [0.05, 0.1) is 11.0 Å². The molecule has 3 heterocycles. The maximum Gasteiger partial charge on any atom is 0.240 e. The molecule has 0 radical (unpaired) electrons. The number of ether oxygens (including phenoxy) is 1. The summed E-state index contributed by atoms with van der Waals surface area (Å²) in [5.41, 5.74) is 2.00. The predicted molar refractivity (Wildman–Crippen MR) is 103 cm³/mol. The molecule has 0 saturated carbocycles. The van der Waals surface area contributed by atoms with Gasteiger partial charge in [0, 0.05) is 31.7 Å². The first-order valence-corrected chi connectivity index (χ1v) is 11.0. The molecule has 1 fully saturated rings. The fraction of sp³-hybridized carbons (Fsp3) is 0.474. The third-order valence-electron chi connectivity index (χ3n) is 4.95. The lowest BCUT2D eigenvalue weighted by Crippen LogP contribution is -2.31. The second-order valence-corrected chi connectivity index (χ2v) is 8.78. The average Bonchev–Trinajstić information content (AvgIpc) is 3.40. The Morgan fingerprint density at radius 3 is 2.82 bits per heavy atom. The van der Waals surface area contributed by atoms with Crippen molar-refractivity contribution >= 4 is 10.0 Å². The van der Waals surface area contributed by atoms with E-state index in [1.807, 2.05) is 0 Å². The third-order valence-corrected chi connectivity index (χ3v) is 6.39. The topological polar surface area (TPSA) is 106 Å². The van der Waals surface area contributed by atoms with Crippen LogP contribution in [0.15, 0.2) is 45.3 Å². The molecule has 0 aliphatic carbocycles. The molecule has 150 valence electrons. The van der Waals surface area contributed by atoms with Gasteiger partial charge in [0.1, 0.15) is 0 Å². The molecule has 2 aliphatic rings. The highest BCUT2D eigenvalue weighted by Crippen LogP contribution is 2.21. The lowest BCUT2D eigenvalue weighted by Gasteiger charge is -2.11. The minimum atomic E-state index is -3.57. The summed E-state index contributed by atoms with van der Waals surface area (Å²) in [6, 6.07) is 6.50. The van der Waals surface area contributed by atoms with Crippen LogP contribution in [0.3, 0.4) is 0 Å². The highest BCUT2D eigenvalue weighted by molar-refractivity contribution is 7.89. The first-order chi connectivity index (χ1) is 13.6. The van der Waals surface area contributed by atoms with Gasteiger partial charge in [-0.25, -0.2) is 13.1 Å². The Bertz CT molecular complexity index is 931. The van der Waals surface area contributed by atoms with E-state index < -0.39 is 10.0 Å². The van der Waals surface area contributed by atoms with E-state index in [-0.39, 0.29) is 11.0 Å². The summed E-state index contributed by atoms with van der Waals surface area (Å²) in [6.45, 7) is 2.82. The summed E-state index contributed by atoms with van der Waals surface area (Å²) >= 11 is 0. The predicted octanol–water partition coefficient (Wildman–Crippen LogP) is 1.66. The van der Waals surface area contributed by atoms with Crippen molar-refractivity contribution in [1.29, 1.82) is 0 Å². The quantitative estimate of drug-likeness (QED) is 0.676. The Morgan fingerprint density at radius 2 is 2.11 bits per heavy atom. The average molecular weight is 404 g/mol. The number of aromatic nitrogens is 2. The first kappa shape index (κ1) is 19.3. The van der Waals surface area contributed by atoms with Gasteiger partial charge < -0.3 is 14.6 Å². The largest absolute Gasteiger partial charge is 0.377 e. The summed E-state index contributed by atoms with van der Waals surface area (Å²) in [4.78, 5) is 4.64. The number of sulfonamides is 1. The minimum Gasteiger partial charge on any atom is -0.377 e. The molecule has 0 spiro atoms. The van der Waals surface area contributed by atoms with Crippen LogP contribution in [0.5, 0.6) is 0 Å². The molecule has 0 amide bonds. The second-order valence-electron chi connectivity index (χ2n) is 7.02. The van der Waals surface area contributed by atoms with E-state index in [0.29, 0.717) is 36.9 Å². The SMILES string of the molecule is O=S(=O)(NCC1CCCO1)c1ccc(-c2noc(CC3=CCNCC3)n2)cc1. The molecule has 4 rings (SSSR count). The van der Waals surface area contributed by atoms with Gasteiger partial charge in [-0.2, -0.15) is 4.98 Å². The smallest absolute Gasteiger partial charge is 0.240 e. The van der Waals surface area contributed by atoms with Crippen molar-refractivity contribution in [3.63, 3.8) is 0 Å². The fourth-order valence-electron chi connectivity index (χ4n) is 3.34. The number of benzene rings is 1. The number of hydrogen-bond acceptors (Lipinski definition) is 7. The molecule has 1 saturated heterocycles. The molecule has 8 nitrogen and oxygen atoms in total. The van der Waals surface area contributed by atoms with Crippen molar-refractivity contribution < 1.29 is 17.7 Å². The van der Waals surface area contributed by atoms with Crippen molar-refractivity contribution in [2.24, 2.45) is 0 Å². The van der Waals surface area contributed by atoms with Crippen molar-refractivity contribution in [3.05, 3.63) is 41.8 Å². The van der Waals surface area contributed by atoms with Crippen molar-refractivity contribution in [2.75, 3.05) is 26.2 Å². The van der Waals surface area contributed by atoms with Gasteiger partial charge >= 0.3 is 0 Å². The number of rotatable bonds is 7. The lowest BCUT2D eigenvalue weighted by atomic mass is 10.1. The van der Waals surface area contributed by atoms with Gasteiger partial charge in [-0.1, -0.05) is 16.8 Å². The monoisotopic (exact) mass is 404 g/mol. The summed E-state index contributed by atoms with van der Waals surface area (Å²) in [5.74, 6) is 1.03. The number of nitrogens with one attached hydrogen (secondary N) is 2. The van der Waals surface area contributed by atoms with Crippen LogP contribution in [0, 0.1) is 0 Å². The van der Waals surface area contributed by atoms with Crippen LogP contribution in [0.4, 0.5) is 0 Å². The molecular formula is C19H24N4O4S. The Labute approximate surface area is 164 Å². The molecule has 1 aromatic carbocycles. The van der Waals surface area contributed by atoms with E-state index in [4.69, 9.17) is 9.26 Å². The molecule has 9 heteroatoms. The summed E-state index contributed by atoms with van der Waals surface area (Å²) < 4.78 is 38.3. The molecular weight excluding hydrogens is 380 g/mol. The Kier molecular flexibility index (Phi) is 5.86. The van der Waals surface area contributed by atoms with Crippen molar-refractivity contribution in [2.45, 2.75) is 36.7 Å². The number of hydrogen-bond donors (Lipinski definition) is 2. The van der Waals surface area contributed by atoms with Crippen LogP contribution in [-0.4, -0.2) is 50.9 Å². The highest BCUT2D eigenvalue weighted by atomic mass is 32.2. The zero-order chi connectivity index (χ0) is 19.4. The van der Waals surface area contributed by atoms with E-state index in [9.17, 15) is 8.42 Å². The fourth-order valence-corrected chi connectivity index (χ4v) is 4.41. The summed E-state index contributed by atoms with van der Waals surface area (Å²) in [6.07, 6.45) is 5.59. The molecule has 1 unspecified atom stereocenters. The van der Waals surface area contributed by atoms with E-state index in [2.05, 4.69) is 26.3 Å². The van der Waals surface area contributed by atoms with Gasteiger partial charge in [0.2, 0.25) is 21.7 Å². The van der Waals surface area contributed by atoms with Crippen LogP contribution < -0.4 is 10.0 Å². The number of nitrogens with zero attached hydrogens (tertiary/aromatic N) is 2. The van der Waals surface area contributed by atoms with E-state index >= 15 is 0 Å². The van der Waals surface area contributed by atoms with Gasteiger partial charge in [-0.3, -0.25) is 0 Å². The zero-order valence-corrected chi connectivity index (χ0v) is 16.4. The van der Waals surface area contributed by atoms with Crippen LogP contribution in [0.1, 0.15) is 25.2 Å². The van der Waals surface area contributed by atoms with Crippen molar-refractivity contribution in [1.82, 2.24) is 20.2 Å². The zero-order valence-electron chi connectivity index (χ0n) is 15.6. The molecule has 2 aliphatic heterocycles. The van der Waals surface area contributed by atoms with Crippen LogP contribution >= 0.6 is 0 Å². The molecule has 1 atom stereocenters. The first-order valence-electron chi connectivity index (χ1n) is 9.53. The standard InChI is InChI=1S/C19H24N4O4S/c24-28(25,21-13-16-2-1-11-26-16)17-5-3-15(4-6-17)19-22-18(27-23-19)12-14-7-9-20-10-8-14/h3-7,16,20-21H,1-2,8-13H2. The minimum absolute atomic E-state index is 0.0399. The van der Waals surface area contributed by atoms with Crippen LogP contribution in [-0.2, 0) is 21.2 Å². The van der Waals surface area contributed by atoms with E-state index in [1.54, 1.807) is 24.3 Å². The lowest BCUT2D eigenvalue weighted by molar-refractivity contribution is 0.114. The van der Waals surface area contributed by atoms with Crippen LogP contribution in [0.25, 0.3) is 11.4 Å². The van der Waals surface area contributed by atoms with Gasteiger partial charge in [-0.05, 0) is 50.1 Å². The summed E-state index contributed by atoms with van der Waals surface area (Å²) in [7, 11) is -3.57. The maximum absolute atomic E-state index is 12.4. The van der Waals surface area contributed by atoms with E-state index in [1.165, 1.54) is 5.57 Å². The van der Waals surface area contributed by atoms with E-state index in [0.717, 1.165) is 32.4 Å². The molecule has 0 bridgehead atoms. The third kappa shape index (κ3) is 4.67. The van der Waals surface area contributed by atoms with Gasteiger partial charge in [0.25, 0.3) is 0 Å². The van der Waals surface area contributed by atoms with Gasteiger partial charge in [-0.15, -0.1) is 0 Å².